The highest BCUT2D eigenvalue weighted by molar-refractivity contribution is 5.87. The van der Waals surface area contributed by atoms with Crippen LogP contribution in [0.5, 0.6) is 0 Å². The van der Waals surface area contributed by atoms with E-state index in [1.54, 1.807) is 18.3 Å². The molecule has 1 aliphatic carbocycles. The van der Waals surface area contributed by atoms with E-state index in [1.807, 2.05) is 29.3 Å². The maximum absolute atomic E-state index is 13.3. The Labute approximate surface area is 145 Å². The number of pyridine rings is 1. The molecule has 0 saturated heterocycles. The first-order valence-electron chi connectivity index (χ1n) is 8.65. The van der Waals surface area contributed by atoms with Gasteiger partial charge in [0.2, 0.25) is 5.91 Å². The number of fused-ring (bicyclic) bond motifs is 1. The SMILES string of the molecule is O=C(Cc1c[nH]c2ncccc12)N(CCc1cccc(F)c1)C1CC1. The van der Waals surface area contributed by atoms with E-state index in [4.69, 9.17) is 0 Å². The molecule has 2 aromatic heterocycles. The van der Waals surface area contributed by atoms with E-state index >= 15 is 0 Å². The number of aromatic nitrogens is 2. The van der Waals surface area contributed by atoms with E-state index in [-0.39, 0.29) is 11.7 Å². The van der Waals surface area contributed by atoms with Crippen molar-refractivity contribution in [3.05, 3.63) is 65.7 Å². The minimum Gasteiger partial charge on any atom is -0.346 e. The Bertz CT molecular complexity index is 901. The number of amides is 1. The quantitative estimate of drug-likeness (QED) is 0.749. The molecule has 4 rings (SSSR count). The lowest BCUT2D eigenvalue weighted by Gasteiger charge is -2.22. The predicted molar refractivity (Wildman–Crippen MR) is 94.6 cm³/mol. The zero-order valence-corrected chi connectivity index (χ0v) is 13.9. The molecule has 128 valence electrons. The molecule has 0 bridgehead atoms. The first-order valence-corrected chi connectivity index (χ1v) is 8.65. The molecule has 1 saturated carbocycles. The van der Waals surface area contributed by atoms with Crippen molar-refractivity contribution in [1.82, 2.24) is 14.9 Å². The van der Waals surface area contributed by atoms with Crippen LogP contribution >= 0.6 is 0 Å². The third kappa shape index (κ3) is 3.55. The predicted octanol–water partition coefficient (Wildman–Crippen LogP) is 3.48. The van der Waals surface area contributed by atoms with Crippen LogP contribution in [0.1, 0.15) is 24.0 Å². The lowest BCUT2D eigenvalue weighted by atomic mass is 10.1. The normalized spacial score (nSPS) is 14.0. The molecule has 1 aromatic carbocycles. The van der Waals surface area contributed by atoms with Crippen LogP contribution in [0.15, 0.2) is 48.8 Å². The number of nitrogens with one attached hydrogen (secondary N) is 1. The molecule has 3 aromatic rings. The number of rotatable bonds is 6. The van der Waals surface area contributed by atoms with Crippen molar-refractivity contribution >= 4 is 16.9 Å². The van der Waals surface area contributed by atoms with Gasteiger partial charge in [0.1, 0.15) is 11.5 Å². The summed E-state index contributed by atoms with van der Waals surface area (Å²) in [5, 5.41) is 0.997. The summed E-state index contributed by atoms with van der Waals surface area (Å²) in [7, 11) is 0. The van der Waals surface area contributed by atoms with E-state index in [2.05, 4.69) is 9.97 Å². The number of hydrogen-bond acceptors (Lipinski definition) is 2. The smallest absolute Gasteiger partial charge is 0.227 e. The van der Waals surface area contributed by atoms with Gasteiger partial charge in [0, 0.05) is 30.4 Å². The van der Waals surface area contributed by atoms with Gasteiger partial charge in [-0.3, -0.25) is 4.79 Å². The first kappa shape index (κ1) is 15.8. The molecule has 4 nitrogen and oxygen atoms in total. The summed E-state index contributed by atoms with van der Waals surface area (Å²) < 4.78 is 13.3. The maximum atomic E-state index is 13.3. The molecule has 1 amide bonds. The molecule has 0 spiro atoms. The first-order chi connectivity index (χ1) is 12.2. The standard InChI is InChI=1S/C20H20FN3O/c21-16-4-1-3-14(11-16)8-10-24(17-6-7-17)19(25)12-15-13-23-20-18(15)5-2-9-22-20/h1-5,9,11,13,17H,6-8,10,12H2,(H,22,23). The second kappa shape index (κ2) is 6.67. The topological polar surface area (TPSA) is 49.0 Å². The summed E-state index contributed by atoms with van der Waals surface area (Å²) >= 11 is 0. The van der Waals surface area contributed by atoms with Gasteiger partial charge >= 0.3 is 0 Å². The van der Waals surface area contributed by atoms with Crippen molar-refractivity contribution in [3.63, 3.8) is 0 Å². The molecule has 0 aliphatic heterocycles. The number of hydrogen-bond donors (Lipinski definition) is 1. The largest absolute Gasteiger partial charge is 0.346 e. The van der Waals surface area contributed by atoms with Crippen molar-refractivity contribution in [2.45, 2.75) is 31.7 Å². The highest BCUT2D eigenvalue weighted by Gasteiger charge is 2.32. The molecule has 1 aliphatic rings. The minimum absolute atomic E-state index is 0.128. The molecule has 1 fully saturated rings. The number of aromatic amines is 1. The molecule has 0 atom stereocenters. The average molecular weight is 337 g/mol. The van der Waals surface area contributed by atoms with Gasteiger partial charge in [-0.1, -0.05) is 12.1 Å². The van der Waals surface area contributed by atoms with Crippen LogP contribution in [0.4, 0.5) is 4.39 Å². The summed E-state index contributed by atoms with van der Waals surface area (Å²) in [6, 6.07) is 10.8. The highest BCUT2D eigenvalue weighted by Crippen LogP contribution is 2.28. The number of nitrogens with zero attached hydrogens (tertiary/aromatic N) is 2. The van der Waals surface area contributed by atoms with Crippen molar-refractivity contribution in [1.29, 1.82) is 0 Å². The van der Waals surface area contributed by atoms with E-state index in [0.717, 1.165) is 35.0 Å². The average Bonchev–Trinajstić information content (AvgIpc) is 3.37. The van der Waals surface area contributed by atoms with E-state index in [9.17, 15) is 9.18 Å². The number of benzene rings is 1. The number of carbonyl (C=O) groups excluding carboxylic acids is 1. The Morgan fingerprint density at radius 2 is 2.16 bits per heavy atom. The van der Waals surface area contributed by atoms with E-state index in [1.165, 1.54) is 6.07 Å². The summed E-state index contributed by atoms with van der Waals surface area (Å²) in [6.45, 7) is 0.632. The summed E-state index contributed by atoms with van der Waals surface area (Å²) in [5.41, 5.74) is 2.71. The van der Waals surface area contributed by atoms with Crippen LogP contribution < -0.4 is 0 Å². The lowest BCUT2D eigenvalue weighted by Crippen LogP contribution is -2.36. The summed E-state index contributed by atoms with van der Waals surface area (Å²) in [5.74, 6) is -0.100. The van der Waals surface area contributed by atoms with Crippen molar-refractivity contribution in [2.75, 3.05) is 6.54 Å². The lowest BCUT2D eigenvalue weighted by molar-refractivity contribution is -0.131. The van der Waals surface area contributed by atoms with Gasteiger partial charge in [-0.15, -0.1) is 0 Å². The van der Waals surface area contributed by atoms with Gasteiger partial charge in [0.15, 0.2) is 0 Å². The van der Waals surface area contributed by atoms with Crippen LogP contribution in [-0.4, -0.2) is 33.4 Å². The van der Waals surface area contributed by atoms with Crippen LogP contribution in [0.2, 0.25) is 0 Å². The zero-order chi connectivity index (χ0) is 17.2. The van der Waals surface area contributed by atoms with Crippen molar-refractivity contribution in [2.24, 2.45) is 0 Å². The summed E-state index contributed by atoms with van der Waals surface area (Å²) in [4.78, 5) is 22.2. The minimum atomic E-state index is -0.229. The van der Waals surface area contributed by atoms with Crippen LogP contribution in [0.25, 0.3) is 11.0 Å². The van der Waals surface area contributed by atoms with Crippen molar-refractivity contribution in [3.8, 4) is 0 Å². The molecular weight excluding hydrogens is 317 g/mol. The molecule has 1 N–H and O–H groups in total. The highest BCUT2D eigenvalue weighted by atomic mass is 19.1. The Balaban J connectivity index is 1.46. The van der Waals surface area contributed by atoms with E-state index < -0.39 is 0 Å². The third-order valence-electron chi connectivity index (χ3n) is 4.72. The van der Waals surface area contributed by atoms with Crippen LogP contribution in [0, 0.1) is 5.82 Å². The Morgan fingerprint density at radius 3 is 2.96 bits per heavy atom. The number of carbonyl (C=O) groups is 1. The Morgan fingerprint density at radius 1 is 1.28 bits per heavy atom. The monoisotopic (exact) mass is 337 g/mol. The van der Waals surface area contributed by atoms with Gasteiger partial charge in [-0.05, 0) is 54.7 Å². The fourth-order valence-electron chi connectivity index (χ4n) is 3.26. The fourth-order valence-corrected chi connectivity index (χ4v) is 3.26. The fraction of sp³-hybridized carbons (Fsp3) is 0.300. The maximum Gasteiger partial charge on any atom is 0.227 e. The Kier molecular flexibility index (Phi) is 4.22. The third-order valence-corrected chi connectivity index (χ3v) is 4.72. The van der Waals surface area contributed by atoms with Gasteiger partial charge in [0.25, 0.3) is 0 Å². The Hall–Kier alpha value is -2.69. The van der Waals surface area contributed by atoms with Gasteiger partial charge in [0.05, 0.1) is 6.42 Å². The second-order valence-corrected chi connectivity index (χ2v) is 6.59. The molecular formula is C20H20FN3O. The van der Waals surface area contributed by atoms with Gasteiger partial charge in [-0.25, -0.2) is 9.37 Å². The van der Waals surface area contributed by atoms with Crippen molar-refractivity contribution < 1.29 is 9.18 Å². The molecule has 0 radical (unpaired) electrons. The number of H-pyrrole nitrogens is 1. The molecule has 25 heavy (non-hydrogen) atoms. The second-order valence-electron chi connectivity index (χ2n) is 6.59. The van der Waals surface area contributed by atoms with Crippen LogP contribution in [0.3, 0.4) is 0 Å². The summed E-state index contributed by atoms with van der Waals surface area (Å²) in [6.07, 6.45) is 6.77. The van der Waals surface area contributed by atoms with Crippen LogP contribution in [-0.2, 0) is 17.6 Å². The zero-order valence-electron chi connectivity index (χ0n) is 13.9. The molecule has 0 unspecified atom stereocenters. The van der Waals surface area contributed by atoms with Gasteiger partial charge in [-0.2, -0.15) is 0 Å². The molecule has 5 heteroatoms. The number of halogens is 1. The van der Waals surface area contributed by atoms with E-state index in [0.29, 0.717) is 25.4 Å². The molecule has 2 heterocycles. The van der Waals surface area contributed by atoms with Gasteiger partial charge < -0.3 is 9.88 Å².